The highest BCUT2D eigenvalue weighted by Crippen LogP contribution is 2.18. The zero-order valence-electron chi connectivity index (χ0n) is 20.5. The summed E-state index contributed by atoms with van der Waals surface area (Å²) < 4.78 is 10.2. The predicted molar refractivity (Wildman–Crippen MR) is 135 cm³/mol. The predicted octanol–water partition coefficient (Wildman–Crippen LogP) is 0.246. The fourth-order valence-electron chi connectivity index (χ4n) is 3.70. The smallest absolute Gasteiger partial charge is 0.343 e. The summed E-state index contributed by atoms with van der Waals surface area (Å²) in [5, 5.41) is 2.87. The van der Waals surface area contributed by atoms with Crippen LogP contribution in [-0.2, 0) is 14.3 Å². The number of guanidine groups is 1. The third-order valence-corrected chi connectivity index (χ3v) is 5.56. The van der Waals surface area contributed by atoms with Gasteiger partial charge in [-0.25, -0.2) is 9.79 Å². The van der Waals surface area contributed by atoms with E-state index in [1.165, 1.54) is 0 Å². The molecule has 1 amide bonds. The van der Waals surface area contributed by atoms with E-state index in [1.807, 2.05) is 4.90 Å². The topological polar surface area (TPSA) is 170 Å². The number of carbonyl (C=O) groups is 4. The van der Waals surface area contributed by atoms with Gasteiger partial charge < -0.3 is 30.6 Å². The maximum Gasteiger partial charge on any atom is 0.343 e. The molecule has 5 N–H and O–H groups in total. The van der Waals surface area contributed by atoms with Crippen molar-refractivity contribution >= 4 is 35.8 Å². The minimum Gasteiger partial charge on any atom is -0.465 e. The average molecular weight is 511 g/mol. The number of ether oxygens (including phenoxy) is 2. The van der Waals surface area contributed by atoms with Crippen LogP contribution in [0.4, 0.5) is 5.69 Å². The van der Waals surface area contributed by atoms with Crippen LogP contribution in [0.25, 0.3) is 0 Å². The number of piperazine rings is 1. The Morgan fingerprint density at radius 1 is 1.00 bits per heavy atom. The van der Waals surface area contributed by atoms with Crippen molar-refractivity contribution in [3.63, 3.8) is 0 Å². The first kappa shape index (κ1) is 27.3. The molecular weight excluding hydrogens is 480 g/mol. The lowest BCUT2D eigenvalue weighted by Crippen LogP contribution is -2.57. The van der Waals surface area contributed by atoms with Crippen LogP contribution in [0.1, 0.15) is 27.6 Å². The Balaban J connectivity index is 1.51. The highest BCUT2D eigenvalue weighted by molar-refractivity contribution is 5.95. The Labute approximate surface area is 214 Å². The van der Waals surface area contributed by atoms with Gasteiger partial charge in [0.2, 0.25) is 0 Å². The second-order valence-corrected chi connectivity index (χ2v) is 8.09. The molecule has 1 saturated heterocycles. The number of nitrogens with two attached hydrogens (primary N) is 2. The molecule has 2 aromatic rings. The summed E-state index contributed by atoms with van der Waals surface area (Å²) in [6.07, 6.45) is 0.0908. The highest BCUT2D eigenvalue weighted by Gasteiger charge is 2.27. The molecule has 1 heterocycles. The van der Waals surface area contributed by atoms with Gasteiger partial charge in [0.05, 0.1) is 24.4 Å². The van der Waals surface area contributed by atoms with E-state index < -0.39 is 18.1 Å². The summed E-state index contributed by atoms with van der Waals surface area (Å²) in [6, 6.07) is 12.6. The molecular formula is C25H30N6O6. The van der Waals surface area contributed by atoms with Crippen molar-refractivity contribution in [3.8, 4) is 5.75 Å². The zero-order chi connectivity index (χ0) is 26.8. The average Bonchev–Trinajstić information content (AvgIpc) is 2.89. The highest BCUT2D eigenvalue weighted by atomic mass is 16.5. The number of hydrogen-bond acceptors (Lipinski definition) is 9. The fourth-order valence-corrected chi connectivity index (χ4v) is 3.70. The van der Waals surface area contributed by atoms with E-state index >= 15 is 0 Å². The summed E-state index contributed by atoms with van der Waals surface area (Å²) >= 11 is 0. The number of nitrogens with zero attached hydrogens (tertiary/aromatic N) is 3. The van der Waals surface area contributed by atoms with Gasteiger partial charge in [-0.05, 0) is 55.5 Å². The number of carbonyl (C=O) groups excluding carboxylic acids is 4. The van der Waals surface area contributed by atoms with Crippen LogP contribution in [0.3, 0.4) is 0 Å². The lowest BCUT2D eigenvalue weighted by atomic mass is 10.1. The minimum absolute atomic E-state index is 0.0728. The maximum absolute atomic E-state index is 12.9. The van der Waals surface area contributed by atoms with Crippen molar-refractivity contribution in [2.75, 3.05) is 39.3 Å². The third-order valence-electron chi connectivity index (χ3n) is 5.56. The summed E-state index contributed by atoms with van der Waals surface area (Å²) in [5.74, 6) is -0.956. The summed E-state index contributed by atoms with van der Waals surface area (Å²) in [7, 11) is 0. The Morgan fingerprint density at radius 3 is 2.19 bits per heavy atom. The van der Waals surface area contributed by atoms with Crippen LogP contribution in [0, 0.1) is 0 Å². The van der Waals surface area contributed by atoms with E-state index in [2.05, 4.69) is 10.3 Å². The largest absolute Gasteiger partial charge is 0.465 e. The molecule has 12 nitrogen and oxygen atoms in total. The van der Waals surface area contributed by atoms with Crippen LogP contribution in [-0.4, -0.2) is 85.4 Å². The molecule has 0 radical (unpaired) electrons. The van der Waals surface area contributed by atoms with Crippen molar-refractivity contribution in [3.05, 3.63) is 59.7 Å². The number of aliphatic imine (C=N–C) groups is 1. The molecule has 37 heavy (non-hydrogen) atoms. The second-order valence-electron chi connectivity index (χ2n) is 8.09. The first-order valence-electron chi connectivity index (χ1n) is 11.7. The van der Waals surface area contributed by atoms with Crippen LogP contribution in [0.2, 0.25) is 0 Å². The zero-order valence-corrected chi connectivity index (χ0v) is 20.5. The van der Waals surface area contributed by atoms with Crippen LogP contribution in [0.15, 0.2) is 53.5 Å². The fraction of sp³-hybridized carbons (Fsp3) is 0.320. The first-order valence-corrected chi connectivity index (χ1v) is 11.7. The van der Waals surface area contributed by atoms with Gasteiger partial charge in [0, 0.05) is 31.7 Å². The monoisotopic (exact) mass is 510 g/mol. The summed E-state index contributed by atoms with van der Waals surface area (Å²) in [6.45, 7) is 3.66. The van der Waals surface area contributed by atoms with Crippen molar-refractivity contribution < 1.29 is 28.7 Å². The number of benzene rings is 2. The molecule has 1 fully saturated rings. The minimum atomic E-state index is -0.640. The van der Waals surface area contributed by atoms with Gasteiger partial charge in [-0.3, -0.25) is 19.8 Å². The molecule has 1 aliphatic heterocycles. The van der Waals surface area contributed by atoms with Crippen molar-refractivity contribution in [1.82, 2.24) is 15.1 Å². The number of aldehydes is 1. The Morgan fingerprint density at radius 2 is 1.62 bits per heavy atom. The van der Waals surface area contributed by atoms with Crippen molar-refractivity contribution in [2.45, 2.75) is 13.1 Å². The molecule has 1 unspecified atom stereocenters. The number of amides is 1. The standard InChI is InChI=1S/C25H30N6O6/c1-2-36-22(33)15-28-21(16-32)30-11-13-31(14-12-30)23(34)17-5-9-20(10-6-17)37-24(35)18-3-7-19(8-4-18)29-25(26)27/h3-10,16,21,28H,2,11-15H2,1H3,(H4,26,27,29). The third kappa shape index (κ3) is 7.85. The van der Waals surface area contributed by atoms with Gasteiger partial charge in [0.15, 0.2) is 12.2 Å². The summed E-state index contributed by atoms with van der Waals surface area (Å²) in [4.78, 5) is 55.8. The van der Waals surface area contributed by atoms with Crippen LogP contribution in [0.5, 0.6) is 5.75 Å². The molecule has 0 saturated carbocycles. The van der Waals surface area contributed by atoms with E-state index in [9.17, 15) is 19.2 Å². The first-order chi connectivity index (χ1) is 17.8. The van der Waals surface area contributed by atoms with E-state index in [1.54, 1.807) is 60.4 Å². The summed E-state index contributed by atoms with van der Waals surface area (Å²) in [5.41, 5.74) is 11.9. The lowest BCUT2D eigenvalue weighted by Gasteiger charge is -2.37. The van der Waals surface area contributed by atoms with E-state index in [4.69, 9.17) is 20.9 Å². The van der Waals surface area contributed by atoms with Gasteiger partial charge in [-0.1, -0.05) is 0 Å². The molecule has 1 atom stereocenters. The van der Waals surface area contributed by atoms with Crippen molar-refractivity contribution in [1.29, 1.82) is 0 Å². The van der Waals surface area contributed by atoms with E-state index in [0.29, 0.717) is 48.7 Å². The van der Waals surface area contributed by atoms with Gasteiger partial charge >= 0.3 is 11.9 Å². The lowest BCUT2D eigenvalue weighted by molar-refractivity contribution is -0.142. The van der Waals surface area contributed by atoms with Gasteiger partial charge in [0.1, 0.15) is 11.9 Å². The quantitative estimate of drug-likeness (QED) is 0.132. The van der Waals surface area contributed by atoms with Gasteiger partial charge in [-0.2, -0.15) is 0 Å². The van der Waals surface area contributed by atoms with Crippen LogP contribution < -0.4 is 21.5 Å². The number of rotatable bonds is 10. The molecule has 196 valence electrons. The Bertz CT molecular complexity index is 1120. The van der Waals surface area contributed by atoms with E-state index in [-0.39, 0.29) is 25.0 Å². The molecule has 0 aromatic heterocycles. The molecule has 1 aliphatic rings. The molecule has 3 rings (SSSR count). The Hall–Kier alpha value is -4.29. The van der Waals surface area contributed by atoms with E-state index in [0.717, 1.165) is 6.29 Å². The van der Waals surface area contributed by atoms with Crippen LogP contribution >= 0.6 is 0 Å². The Kier molecular flexibility index (Phi) is 9.69. The molecule has 0 aliphatic carbocycles. The number of nitrogens with one attached hydrogen (secondary N) is 1. The second kappa shape index (κ2) is 13.1. The normalized spacial score (nSPS) is 14.4. The molecule has 0 bridgehead atoms. The number of esters is 2. The number of hydrogen-bond donors (Lipinski definition) is 3. The van der Waals surface area contributed by atoms with Gasteiger partial charge in [0.25, 0.3) is 5.91 Å². The van der Waals surface area contributed by atoms with Crippen molar-refractivity contribution in [2.24, 2.45) is 16.5 Å². The molecule has 2 aromatic carbocycles. The maximum atomic E-state index is 12.9. The molecule has 0 spiro atoms. The van der Waals surface area contributed by atoms with Gasteiger partial charge in [-0.15, -0.1) is 0 Å². The SMILES string of the molecule is CCOC(=O)CNC(C=O)N1CCN(C(=O)c2ccc(OC(=O)c3ccc(N=C(N)N)cc3)cc2)CC1. The molecule has 12 heteroatoms.